The Morgan fingerprint density at radius 3 is 2.94 bits per heavy atom. The van der Waals surface area contributed by atoms with Crippen LogP contribution in [-0.2, 0) is 6.54 Å². The zero-order chi connectivity index (χ0) is 12.4. The molecule has 3 nitrogen and oxygen atoms in total. The Morgan fingerprint density at radius 1 is 1.59 bits per heavy atom. The Morgan fingerprint density at radius 2 is 2.35 bits per heavy atom. The van der Waals surface area contributed by atoms with Crippen molar-refractivity contribution in [3.63, 3.8) is 0 Å². The van der Waals surface area contributed by atoms with Gasteiger partial charge in [-0.05, 0) is 29.7 Å². The summed E-state index contributed by atoms with van der Waals surface area (Å²) >= 11 is 6.03. The molecule has 3 N–H and O–H groups in total. The molecule has 0 saturated heterocycles. The summed E-state index contributed by atoms with van der Waals surface area (Å²) in [6, 6.07) is 6.33. The number of aliphatic hydroxyl groups is 1. The molecule has 1 aliphatic rings. The molecule has 0 aliphatic carbocycles. The van der Waals surface area contributed by atoms with Crippen LogP contribution in [0, 0.1) is 0 Å². The monoisotopic (exact) mass is 254 g/mol. The summed E-state index contributed by atoms with van der Waals surface area (Å²) in [5.74, 6) is 0. The van der Waals surface area contributed by atoms with E-state index in [1.165, 1.54) is 11.1 Å². The summed E-state index contributed by atoms with van der Waals surface area (Å²) < 4.78 is 0. The van der Waals surface area contributed by atoms with E-state index in [-0.39, 0.29) is 18.7 Å². The van der Waals surface area contributed by atoms with Crippen LogP contribution in [0.15, 0.2) is 18.2 Å². The molecule has 2 rings (SSSR count). The Balaban J connectivity index is 2.31. The summed E-state index contributed by atoms with van der Waals surface area (Å²) in [6.45, 7) is 3.68. The van der Waals surface area contributed by atoms with Gasteiger partial charge in [-0.1, -0.05) is 24.6 Å². The van der Waals surface area contributed by atoms with Gasteiger partial charge in [-0.2, -0.15) is 0 Å². The summed E-state index contributed by atoms with van der Waals surface area (Å²) in [5, 5.41) is 10.2. The topological polar surface area (TPSA) is 49.5 Å². The molecule has 1 heterocycles. The average molecular weight is 255 g/mol. The molecule has 2 unspecified atom stereocenters. The van der Waals surface area contributed by atoms with Gasteiger partial charge in [0.1, 0.15) is 0 Å². The Labute approximate surface area is 107 Å². The molecular weight excluding hydrogens is 236 g/mol. The fraction of sp³-hybridized carbons (Fsp3) is 0.538. The van der Waals surface area contributed by atoms with E-state index < -0.39 is 0 Å². The van der Waals surface area contributed by atoms with E-state index in [9.17, 15) is 5.11 Å². The highest BCUT2D eigenvalue weighted by Gasteiger charge is 2.33. The number of aliphatic hydroxyl groups excluding tert-OH is 1. The first-order valence-corrected chi connectivity index (χ1v) is 6.44. The predicted octanol–water partition coefficient (Wildman–Crippen LogP) is 1.93. The highest BCUT2D eigenvalue weighted by molar-refractivity contribution is 6.30. The second-order valence-corrected chi connectivity index (χ2v) is 4.95. The largest absolute Gasteiger partial charge is 0.395 e. The highest BCUT2D eigenvalue weighted by Crippen LogP contribution is 2.36. The third kappa shape index (κ3) is 2.33. The molecule has 0 bridgehead atoms. The van der Waals surface area contributed by atoms with Gasteiger partial charge in [0.25, 0.3) is 0 Å². The summed E-state index contributed by atoms with van der Waals surface area (Å²) in [7, 11) is 0. The number of hydrogen-bond donors (Lipinski definition) is 2. The maximum Gasteiger partial charge on any atom is 0.0587 e. The summed E-state index contributed by atoms with van der Waals surface area (Å²) in [5.41, 5.74) is 8.36. The maximum atomic E-state index is 9.42. The molecule has 1 aromatic rings. The summed E-state index contributed by atoms with van der Waals surface area (Å²) in [4.78, 5) is 2.28. The molecule has 0 saturated carbocycles. The van der Waals surface area contributed by atoms with Gasteiger partial charge in [-0.3, -0.25) is 4.90 Å². The third-order valence-corrected chi connectivity index (χ3v) is 3.83. The average Bonchev–Trinajstić information content (AvgIpc) is 2.68. The molecule has 0 radical (unpaired) electrons. The van der Waals surface area contributed by atoms with Crippen LogP contribution in [0.25, 0.3) is 0 Å². The van der Waals surface area contributed by atoms with E-state index in [1.54, 1.807) is 0 Å². The molecule has 2 atom stereocenters. The fourth-order valence-corrected chi connectivity index (χ4v) is 2.80. The minimum absolute atomic E-state index is 0.175. The van der Waals surface area contributed by atoms with Crippen LogP contribution in [0.2, 0.25) is 5.02 Å². The van der Waals surface area contributed by atoms with Gasteiger partial charge < -0.3 is 10.8 Å². The molecular formula is C13H19ClN2O. The number of hydrogen-bond acceptors (Lipinski definition) is 3. The van der Waals surface area contributed by atoms with Crippen LogP contribution < -0.4 is 5.73 Å². The predicted molar refractivity (Wildman–Crippen MR) is 70.0 cm³/mol. The lowest BCUT2D eigenvalue weighted by atomic mass is 10.0. The first kappa shape index (κ1) is 12.8. The minimum Gasteiger partial charge on any atom is -0.395 e. The minimum atomic E-state index is 0.175. The van der Waals surface area contributed by atoms with Crippen LogP contribution in [0.1, 0.15) is 30.5 Å². The second kappa shape index (κ2) is 5.36. The normalized spacial score (nSPS) is 21.5. The van der Waals surface area contributed by atoms with Crippen molar-refractivity contribution in [3.8, 4) is 0 Å². The van der Waals surface area contributed by atoms with Crippen LogP contribution in [0.5, 0.6) is 0 Å². The molecule has 1 aliphatic heterocycles. The maximum absolute atomic E-state index is 9.42. The van der Waals surface area contributed by atoms with Gasteiger partial charge in [-0.25, -0.2) is 0 Å². The highest BCUT2D eigenvalue weighted by atomic mass is 35.5. The standard InChI is InChI=1S/C13H19ClN2O/c1-2-11(8-17)16-7-9-3-4-10(14)5-12(9)13(16)6-15/h3-5,11,13,17H,2,6-8,15H2,1H3. The van der Waals surface area contributed by atoms with Crippen molar-refractivity contribution in [2.45, 2.75) is 32.0 Å². The Hall–Kier alpha value is -0.610. The van der Waals surface area contributed by atoms with Crippen molar-refractivity contribution in [1.82, 2.24) is 4.90 Å². The van der Waals surface area contributed by atoms with Crippen LogP contribution >= 0.6 is 11.6 Å². The molecule has 94 valence electrons. The van der Waals surface area contributed by atoms with Crippen LogP contribution in [-0.4, -0.2) is 29.2 Å². The number of nitrogens with zero attached hydrogens (tertiary/aromatic N) is 1. The lowest BCUT2D eigenvalue weighted by Gasteiger charge is -2.30. The van der Waals surface area contributed by atoms with Gasteiger partial charge in [0, 0.05) is 30.2 Å². The first-order valence-electron chi connectivity index (χ1n) is 6.06. The first-order chi connectivity index (χ1) is 8.21. The van der Waals surface area contributed by atoms with Crippen molar-refractivity contribution in [1.29, 1.82) is 0 Å². The number of nitrogens with two attached hydrogens (primary N) is 1. The third-order valence-electron chi connectivity index (χ3n) is 3.59. The molecule has 0 amide bonds. The SMILES string of the molecule is CCC(CO)N1Cc2ccc(Cl)cc2C1CN. The van der Waals surface area contributed by atoms with Crippen LogP contribution in [0.4, 0.5) is 0 Å². The summed E-state index contributed by atoms with van der Waals surface area (Å²) in [6.07, 6.45) is 0.925. The number of benzene rings is 1. The molecule has 4 heteroatoms. The zero-order valence-electron chi connectivity index (χ0n) is 10.1. The van der Waals surface area contributed by atoms with Crippen molar-refractivity contribution >= 4 is 11.6 Å². The van der Waals surface area contributed by atoms with Crippen molar-refractivity contribution in [2.24, 2.45) is 5.73 Å². The molecule has 0 fully saturated rings. The van der Waals surface area contributed by atoms with E-state index in [1.807, 2.05) is 12.1 Å². The van der Waals surface area contributed by atoms with Gasteiger partial charge >= 0.3 is 0 Å². The lowest BCUT2D eigenvalue weighted by Crippen LogP contribution is -2.38. The Kier molecular flexibility index (Phi) is 4.05. The number of rotatable bonds is 4. The van der Waals surface area contributed by atoms with Gasteiger partial charge in [0.05, 0.1) is 6.61 Å². The Bertz CT molecular complexity index is 393. The fourth-order valence-electron chi connectivity index (χ4n) is 2.62. The van der Waals surface area contributed by atoms with Crippen molar-refractivity contribution in [2.75, 3.05) is 13.2 Å². The second-order valence-electron chi connectivity index (χ2n) is 4.51. The van der Waals surface area contributed by atoms with E-state index in [0.717, 1.165) is 18.0 Å². The molecule has 17 heavy (non-hydrogen) atoms. The van der Waals surface area contributed by atoms with E-state index in [2.05, 4.69) is 17.9 Å². The van der Waals surface area contributed by atoms with Gasteiger partial charge in [0.2, 0.25) is 0 Å². The van der Waals surface area contributed by atoms with Crippen LogP contribution in [0.3, 0.4) is 0 Å². The van der Waals surface area contributed by atoms with Crippen molar-refractivity contribution < 1.29 is 5.11 Å². The molecule has 0 aromatic heterocycles. The van der Waals surface area contributed by atoms with E-state index in [4.69, 9.17) is 17.3 Å². The smallest absolute Gasteiger partial charge is 0.0587 e. The van der Waals surface area contributed by atoms with E-state index >= 15 is 0 Å². The molecule has 1 aromatic carbocycles. The quantitative estimate of drug-likeness (QED) is 0.863. The number of halogens is 1. The lowest BCUT2D eigenvalue weighted by molar-refractivity contribution is 0.0895. The van der Waals surface area contributed by atoms with Gasteiger partial charge in [0.15, 0.2) is 0 Å². The van der Waals surface area contributed by atoms with Gasteiger partial charge in [-0.15, -0.1) is 0 Å². The van der Waals surface area contributed by atoms with E-state index in [0.29, 0.717) is 6.54 Å². The zero-order valence-corrected chi connectivity index (χ0v) is 10.8. The number of fused-ring (bicyclic) bond motifs is 1. The van der Waals surface area contributed by atoms with Crippen molar-refractivity contribution in [3.05, 3.63) is 34.3 Å². The molecule has 0 spiro atoms.